The number of methoxy groups -OCH3 is 1. The minimum Gasteiger partial charge on any atom is -0.383 e. The zero-order valence-electron chi connectivity index (χ0n) is 14.2. The summed E-state index contributed by atoms with van der Waals surface area (Å²) in [6, 6.07) is 5.12. The number of aryl methyl sites for hydroxylation is 1. The molecule has 1 saturated heterocycles. The first-order valence-electron chi connectivity index (χ1n) is 8.10. The zero-order chi connectivity index (χ0) is 17.6. The van der Waals surface area contributed by atoms with E-state index in [4.69, 9.17) is 17.0 Å². The maximum absolute atomic E-state index is 12.8. The van der Waals surface area contributed by atoms with Gasteiger partial charge < -0.3 is 15.4 Å². The number of ether oxygens (including phenoxy) is 1. The zero-order valence-corrected chi connectivity index (χ0v) is 15.8. The van der Waals surface area contributed by atoms with Crippen molar-refractivity contribution in [2.45, 2.75) is 31.1 Å². The van der Waals surface area contributed by atoms with Gasteiger partial charge in [-0.05, 0) is 49.7 Å². The van der Waals surface area contributed by atoms with Gasteiger partial charge in [0.15, 0.2) is 5.11 Å². The Bertz CT molecular complexity index is 671. The third kappa shape index (κ3) is 4.89. The monoisotopic (exact) mass is 371 g/mol. The van der Waals surface area contributed by atoms with Crippen molar-refractivity contribution >= 4 is 33.0 Å². The van der Waals surface area contributed by atoms with Gasteiger partial charge in [0, 0.05) is 32.4 Å². The molecule has 134 valence electrons. The van der Waals surface area contributed by atoms with E-state index in [1.807, 2.05) is 6.92 Å². The molecule has 1 aliphatic rings. The second kappa shape index (κ2) is 8.75. The number of sulfonamides is 1. The smallest absolute Gasteiger partial charge is 0.243 e. The summed E-state index contributed by atoms with van der Waals surface area (Å²) >= 11 is 5.23. The van der Waals surface area contributed by atoms with Crippen LogP contribution in [0.4, 0.5) is 5.69 Å². The van der Waals surface area contributed by atoms with E-state index in [0.717, 1.165) is 24.8 Å². The topological polar surface area (TPSA) is 70.7 Å². The van der Waals surface area contributed by atoms with Gasteiger partial charge in [-0.25, -0.2) is 8.42 Å². The summed E-state index contributed by atoms with van der Waals surface area (Å²) in [5.41, 5.74) is 1.63. The number of benzene rings is 1. The van der Waals surface area contributed by atoms with Gasteiger partial charge >= 0.3 is 0 Å². The number of piperidine rings is 1. The molecule has 0 aromatic heterocycles. The molecule has 24 heavy (non-hydrogen) atoms. The Hall–Kier alpha value is -1.22. The van der Waals surface area contributed by atoms with Gasteiger partial charge in [0.2, 0.25) is 10.0 Å². The Kier molecular flexibility index (Phi) is 6.97. The summed E-state index contributed by atoms with van der Waals surface area (Å²) in [5.74, 6) is 0. The lowest BCUT2D eigenvalue weighted by atomic mass is 10.2. The Morgan fingerprint density at radius 2 is 2.00 bits per heavy atom. The average Bonchev–Trinajstić information content (AvgIpc) is 2.58. The number of thiocarbonyl (C=S) groups is 1. The molecule has 0 bridgehead atoms. The number of hydrogen-bond donors (Lipinski definition) is 2. The highest BCUT2D eigenvalue weighted by Gasteiger charge is 2.26. The minimum atomic E-state index is -3.45. The van der Waals surface area contributed by atoms with E-state index in [1.165, 1.54) is 0 Å². The molecule has 1 aromatic rings. The molecule has 0 saturated carbocycles. The lowest BCUT2D eigenvalue weighted by Crippen LogP contribution is -2.35. The van der Waals surface area contributed by atoms with E-state index in [-0.39, 0.29) is 0 Å². The Morgan fingerprint density at radius 3 is 2.67 bits per heavy atom. The molecule has 0 amide bonds. The quantitative estimate of drug-likeness (QED) is 0.589. The summed E-state index contributed by atoms with van der Waals surface area (Å²) < 4.78 is 32.1. The molecule has 0 atom stereocenters. The third-order valence-electron chi connectivity index (χ3n) is 4.00. The minimum absolute atomic E-state index is 0.303. The molecule has 1 aromatic carbocycles. The van der Waals surface area contributed by atoms with Gasteiger partial charge in [-0.1, -0.05) is 12.5 Å². The van der Waals surface area contributed by atoms with Crippen molar-refractivity contribution in [3.05, 3.63) is 23.8 Å². The van der Waals surface area contributed by atoms with Crippen LogP contribution in [0.5, 0.6) is 0 Å². The first-order valence-corrected chi connectivity index (χ1v) is 9.94. The van der Waals surface area contributed by atoms with Crippen LogP contribution in [0.25, 0.3) is 0 Å². The number of nitrogens with zero attached hydrogens (tertiary/aromatic N) is 1. The van der Waals surface area contributed by atoms with Crippen LogP contribution < -0.4 is 10.6 Å². The highest BCUT2D eigenvalue weighted by molar-refractivity contribution is 7.89. The van der Waals surface area contributed by atoms with Crippen molar-refractivity contribution in [2.75, 3.05) is 38.7 Å². The average molecular weight is 372 g/mol. The second-order valence-corrected chi connectivity index (χ2v) is 8.16. The maximum atomic E-state index is 12.8. The summed E-state index contributed by atoms with van der Waals surface area (Å²) in [6.07, 6.45) is 2.93. The Labute approximate surface area is 149 Å². The van der Waals surface area contributed by atoms with Crippen molar-refractivity contribution in [1.82, 2.24) is 9.62 Å². The van der Waals surface area contributed by atoms with E-state index < -0.39 is 10.0 Å². The van der Waals surface area contributed by atoms with Crippen LogP contribution in [-0.2, 0) is 14.8 Å². The number of hydrogen-bond acceptors (Lipinski definition) is 4. The molecule has 8 heteroatoms. The molecule has 1 fully saturated rings. The van der Waals surface area contributed by atoms with Gasteiger partial charge in [-0.3, -0.25) is 0 Å². The molecular weight excluding hydrogens is 346 g/mol. The molecule has 0 spiro atoms. The number of anilines is 1. The van der Waals surface area contributed by atoms with Crippen LogP contribution in [0.15, 0.2) is 23.1 Å². The first kappa shape index (κ1) is 19.1. The van der Waals surface area contributed by atoms with E-state index in [2.05, 4.69) is 10.6 Å². The van der Waals surface area contributed by atoms with Crippen molar-refractivity contribution in [3.63, 3.8) is 0 Å². The van der Waals surface area contributed by atoms with E-state index >= 15 is 0 Å². The molecular formula is C16H25N3O3S2. The molecule has 6 nitrogen and oxygen atoms in total. The largest absolute Gasteiger partial charge is 0.383 e. The number of nitrogens with one attached hydrogen (secondary N) is 2. The molecule has 0 aliphatic carbocycles. The summed E-state index contributed by atoms with van der Waals surface area (Å²) in [7, 11) is -1.83. The second-order valence-electron chi connectivity index (χ2n) is 5.82. The third-order valence-corrected chi connectivity index (χ3v) is 6.14. The fourth-order valence-corrected chi connectivity index (χ4v) is 4.34. The van der Waals surface area contributed by atoms with Crippen LogP contribution in [0.2, 0.25) is 0 Å². The van der Waals surface area contributed by atoms with Crippen LogP contribution in [-0.4, -0.2) is 51.2 Å². The first-order chi connectivity index (χ1) is 11.4. The Morgan fingerprint density at radius 1 is 1.29 bits per heavy atom. The van der Waals surface area contributed by atoms with Crippen LogP contribution in [0.1, 0.15) is 24.8 Å². The van der Waals surface area contributed by atoms with Gasteiger partial charge in [0.05, 0.1) is 11.5 Å². The fraction of sp³-hybridized carbons (Fsp3) is 0.562. The molecule has 0 unspecified atom stereocenters. The lowest BCUT2D eigenvalue weighted by molar-refractivity contribution is 0.204. The van der Waals surface area contributed by atoms with Gasteiger partial charge in [-0.2, -0.15) is 4.31 Å². The molecule has 1 aliphatic heterocycles. The van der Waals surface area contributed by atoms with Crippen molar-refractivity contribution < 1.29 is 13.2 Å². The van der Waals surface area contributed by atoms with Crippen LogP contribution >= 0.6 is 12.2 Å². The standard InChI is InChI=1S/C16H25N3O3S2/c1-13-6-7-14(24(20,21)19-9-4-3-5-10-19)12-15(13)18-16(23)17-8-11-22-2/h6-7,12H,3-5,8-11H2,1-2H3,(H2,17,18,23). The molecule has 2 rings (SSSR count). The van der Waals surface area contributed by atoms with Crippen molar-refractivity contribution in [3.8, 4) is 0 Å². The summed E-state index contributed by atoms with van der Waals surface area (Å²) in [5, 5.41) is 6.53. The van der Waals surface area contributed by atoms with Gasteiger partial charge in [0.25, 0.3) is 0 Å². The highest BCUT2D eigenvalue weighted by atomic mass is 32.2. The predicted octanol–water partition coefficient (Wildman–Crippen LogP) is 2.10. The van der Waals surface area contributed by atoms with Crippen LogP contribution in [0.3, 0.4) is 0 Å². The SMILES string of the molecule is COCCNC(=S)Nc1cc(S(=O)(=O)N2CCCCC2)ccc1C. The molecule has 2 N–H and O–H groups in total. The molecule has 1 heterocycles. The van der Waals surface area contributed by atoms with Crippen LogP contribution in [0, 0.1) is 6.92 Å². The van der Waals surface area contributed by atoms with E-state index in [9.17, 15) is 8.42 Å². The highest BCUT2D eigenvalue weighted by Crippen LogP contribution is 2.25. The fourth-order valence-electron chi connectivity index (χ4n) is 2.58. The van der Waals surface area contributed by atoms with Crippen molar-refractivity contribution in [1.29, 1.82) is 0 Å². The maximum Gasteiger partial charge on any atom is 0.243 e. The van der Waals surface area contributed by atoms with Gasteiger partial charge in [0.1, 0.15) is 0 Å². The summed E-state index contributed by atoms with van der Waals surface area (Å²) in [4.78, 5) is 0.303. The Balaban J connectivity index is 2.14. The van der Waals surface area contributed by atoms with E-state index in [0.29, 0.717) is 41.9 Å². The predicted molar refractivity (Wildman–Crippen MR) is 99.9 cm³/mol. The lowest BCUT2D eigenvalue weighted by Gasteiger charge is -2.26. The number of rotatable bonds is 6. The summed E-state index contributed by atoms with van der Waals surface area (Å²) in [6.45, 7) is 4.24. The van der Waals surface area contributed by atoms with Gasteiger partial charge in [-0.15, -0.1) is 0 Å². The molecule has 0 radical (unpaired) electrons. The van der Waals surface area contributed by atoms with Crippen molar-refractivity contribution in [2.24, 2.45) is 0 Å². The normalized spacial score (nSPS) is 15.9. The van der Waals surface area contributed by atoms with E-state index in [1.54, 1.807) is 29.6 Å².